The van der Waals surface area contributed by atoms with Crippen molar-refractivity contribution in [3.63, 3.8) is 0 Å². The predicted molar refractivity (Wildman–Crippen MR) is 102 cm³/mol. The average molecular weight is 359 g/mol. The number of hydrogen-bond acceptors (Lipinski definition) is 4. The van der Waals surface area contributed by atoms with Crippen LogP contribution < -0.4 is 14.8 Å². The molecule has 0 aliphatic heterocycles. The lowest BCUT2D eigenvalue weighted by Crippen LogP contribution is -2.34. The van der Waals surface area contributed by atoms with Crippen LogP contribution in [-0.4, -0.2) is 25.4 Å². The van der Waals surface area contributed by atoms with Crippen LogP contribution in [0.5, 0.6) is 11.5 Å². The SMILES string of the molecule is CC[C@H](NC(=O)[C@H](C)Sc1ccc(OC)cc1)c1ccc(OC)cc1. The number of thioether (sulfide) groups is 1. The molecule has 0 unspecified atom stereocenters. The minimum atomic E-state index is -0.180. The lowest BCUT2D eigenvalue weighted by molar-refractivity contribution is -0.121. The largest absolute Gasteiger partial charge is 0.497 e. The van der Waals surface area contributed by atoms with Crippen molar-refractivity contribution in [3.05, 3.63) is 54.1 Å². The highest BCUT2D eigenvalue weighted by molar-refractivity contribution is 8.00. The number of carbonyl (C=O) groups excluding carboxylic acids is 1. The Bertz CT molecular complexity index is 670. The summed E-state index contributed by atoms with van der Waals surface area (Å²) in [6.07, 6.45) is 0.831. The molecular weight excluding hydrogens is 334 g/mol. The first-order valence-corrected chi connectivity index (χ1v) is 9.20. The number of methoxy groups -OCH3 is 2. The van der Waals surface area contributed by atoms with E-state index in [4.69, 9.17) is 9.47 Å². The minimum absolute atomic E-state index is 0.00248. The highest BCUT2D eigenvalue weighted by atomic mass is 32.2. The van der Waals surface area contributed by atoms with Crippen LogP contribution in [0.2, 0.25) is 0 Å². The Morgan fingerprint density at radius 1 is 1.00 bits per heavy atom. The van der Waals surface area contributed by atoms with Crippen LogP contribution in [0.1, 0.15) is 31.9 Å². The second-order valence-corrected chi connectivity index (χ2v) is 7.09. The molecule has 2 atom stereocenters. The first-order valence-electron chi connectivity index (χ1n) is 8.32. The molecule has 0 spiro atoms. The molecule has 1 amide bonds. The second-order valence-electron chi connectivity index (χ2n) is 5.68. The number of rotatable bonds is 8. The summed E-state index contributed by atoms with van der Waals surface area (Å²) in [5.74, 6) is 1.66. The molecule has 4 nitrogen and oxygen atoms in total. The van der Waals surface area contributed by atoms with Gasteiger partial charge in [-0.2, -0.15) is 0 Å². The van der Waals surface area contributed by atoms with Crippen LogP contribution in [0.3, 0.4) is 0 Å². The van der Waals surface area contributed by atoms with E-state index in [0.717, 1.165) is 28.4 Å². The van der Waals surface area contributed by atoms with Gasteiger partial charge >= 0.3 is 0 Å². The third-order valence-electron chi connectivity index (χ3n) is 3.98. The molecule has 25 heavy (non-hydrogen) atoms. The summed E-state index contributed by atoms with van der Waals surface area (Å²) < 4.78 is 10.3. The van der Waals surface area contributed by atoms with Gasteiger partial charge in [-0.15, -0.1) is 11.8 Å². The van der Waals surface area contributed by atoms with E-state index in [1.807, 2.05) is 55.5 Å². The number of nitrogens with one attached hydrogen (secondary N) is 1. The normalized spacial score (nSPS) is 13.0. The van der Waals surface area contributed by atoms with Crippen LogP contribution >= 0.6 is 11.8 Å². The molecule has 2 aromatic carbocycles. The van der Waals surface area contributed by atoms with E-state index in [1.165, 1.54) is 11.8 Å². The lowest BCUT2D eigenvalue weighted by atomic mass is 10.0. The van der Waals surface area contributed by atoms with Gasteiger partial charge in [0.2, 0.25) is 5.91 Å². The third-order valence-corrected chi connectivity index (χ3v) is 5.10. The van der Waals surface area contributed by atoms with E-state index in [1.54, 1.807) is 14.2 Å². The summed E-state index contributed by atoms with van der Waals surface area (Å²) in [6.45, 7) is 3.99. The Hall–Kier alpha value is -2.14. The molecule has 0 aliphatic carbocycles. The number of ether oxygens (including phenoxy) is 2. The zero-order valence-electron chi connectivity index (χ0n) is 15.1. The quantitative estimate of drug-likeness (QED) is 0.707. The van der Waals surface area contributed by atoms with E-state index in [9.17, 15) is 4.79 Å². The van der Waals surface area contributed by atoms with Gasteiger partial charge in [-0.1, -0.05) is 19.1 Å². The van der Waals surface area contributed by atoms with Crippen LogP contribution in [0, 0.1) is 0 Å². The van der Waals surface area contributed by atoms with Gasteiger partial charge in [-0.25, -0.2) is 0 Å². The Kier molecular flexibility index (Phi) is 7.19. The van der Waals surface area contributed by atoms with Crippen molar-refractivity contribution in [2.75, 3.05) is 14.2 Å². The molecule has 0 aliphatic rings. The van der Waals surface area contributed by atoms with Gasteiger partial charge < -0.3 is 14.8 Å². The molecule has 0 saturated heterocycles. The van der Waals surface area contributed by atoms with E-state index in [0.29, 0.717) is 0 Å². The molecule has 0 aromatic heterocycles. The first kappa shape index (κ1) is 19.2. The maximum atomic E-state index is 12.6. The van der Waals surface area contributed by atoms with Crippen molar-refractivity contribution in [2.45, 2.75) is 36.5 Å². The van der Waals surface area contributed by atoms with E-state index in [-0.39, 0.29) is 17.2 Å². The van der Waals surface area contributed by atoms with Crippen LogP contribution in [0.15, 0.2) is 53.4 Å². The van der Waals surface area contributed by atoms with Gasteiger partial charge in [0.05, 0.1) is 25.5 Å². The van der Waals surface area contributed by atoms with Crippen molar-refractivity contribution in [2.24, 2.45) is 0 Å². The molecule has 0 bridgehead atoms. The summed E-state index contributed by atoms with van der Waals surface area (Å²) in [5.41, 5.74) is 1.08. The van der Waals surface area contributed by atoms with Crippen LogP contribution in [0.25, 0.3) is 0 Å². The summed E-state index contributed by atoms with van der Waals surface area (Å²) >= 11 is 1.54. The molecule has 134 valence electrons. The molecule has 1 N–H and O–H groups in total. The Labute approximate surface area is 153 Å². The Balaban J connectivity index is 1.97. The molecule has 2 aromatic rings. The van der Waals surface area contributed by atoms with Crippen molar-refractivity contribution in [1.82, 2.24) is 5.32 Å². The number of benzene rings is 2. The molecule has 2 rings (SSSR count). The highest BCUT2D eigenvalue weighted by Gasteiger charge is 2.19. The summed E-state index contributed by atoms with van der Waals surface area (Å²) in [7, 11) is 3.29. The molecule has 0 radical (unpaired) electrons. The van der Waals surface area contributed by atoms with Crippen LogP contribution in [0.4, 0.5) is 0 Å². The van der Waals surface area contributed by atoms with Gasteiger partial charge in [-0.3, -0.25) is 4.79 Å². The molecule has 0 saturated carbocycles. The molecule has 5 heteroatoms. The zero-order valence-corrected chi connectivity index (χ0v) is 15.9. The monoisotopic (exact) mass is 359 g/mol. The van der Waals surface area contributed by atoms with Crippen molar-refractivity contribution >= 4 is 17.7 Å². The fraction of sp³-hybridized carbons (Fsp3) is 0.350. The standard InChI is InChI=1S/C20H25NO3S/c1-5-19(15-6-8-16(23-3)9-7-15)21-20(22)14(2)25-18-12-10-17(24-4)11-13-18/h6-14,19H,5H2,1-4H3,(H,21,22)/t14-,19-/m0/s1. The smallest absolute Gasteiger partial charge is 0.233 e. The average Bonchev–Trinajstić information content (AvgIpc) is 2.66. The van der Waals surface area contributed by atoms with Gasteiger partial charge in [0, 0.05) is 4.90 Å². The fourth-order valence-electron chi connectivity index (χ4n) is 2.46. The van der Waals surface area contributed by atoms with Gasteiger partial charge in [0.1, 0.15) is 11.5 Å². The fourth-order valence-corrected chi connectivity index (χ4v) is 3.33. The lowest BCUT2D eigenvalue weighted by Gasteiger charge is -2.20. The van der Waals surface area contributed by atoms with Gasteiger partial charge in [0.15, 0.2) is 0 Å². The summed E-state index contributed by atoms with van der Waals surface area (Å²) in [4.78, 5) is 13.6. The minimum Gasteiger partial charge on any atom is -0.497 e. The number of amides is 1. The topological polar surface area (TPSA) is 47.6 Å². The molecule has 0 fully saturated rings. The molecule has 0 heterocycles. The second kappa shape index (κ2) is 9.37. The third kappa shape index (κ3) is 5.43. The van der Waals surface area contributed by atoms with E-state index in [2.05, 4.69) is 12.2 Å². The number of carbonyl (C=O) groups is 1. The Morgan fingerprint density at radius 2 is 1.52 bits per heavy atom. The van der Waals surface area contributed by atoms with Crippen LogP contribution in [-0.2, 0) is 4.79 Å². The summed E-state index contributed by atoms with van der Waals surface area (Å²) in [6, 6.07) is 15.6. The maximum absolute atomic E-state index is 12.6. The molecular formula is C20H25NO3S. The van der Waals surface area contributed by atoms with Gasteiger partial charge in [-0.05, 0) is 55.3 Å². The summed E-state index contributed by atoms with van der Waals surface area (Å²) in [5, 5.41) is 2.96. The number of hydrogen-bond donors (Lipinski definition) is 1. The Morgan fingerprint density at radius 3 is 2.00 bits per heavy atom. The van der Waals surface area contributed by atoms with E-state index < -0.39 is 0 Å². The van der Waals surface area contributed by atoms with Crippen molar-refractivity contribution in [1.29, 1.82) is 0 Å². The van der Waals surface area contributed by atoms with Crippen molar-refractivity contribution in [3.8, 4) is 11.5 Å². The maximum Gasteiger partial charge on any atom is 0.233 e. The van der Waals surface area contributed by atoms with Crippen molar-refractivity contribution < 1.29 is 14.3 Å². The predicted octanol–water partition coefficient (Wildman–Crippen LogP) is 4.45. The van der Waals surface area contributed by atoms with Gasteiger partial charge in [0.25, 0.3) is 0 Å². The first-order chi connectivity index (χ1) is 12.1. The van der Waals surface area contributed by atoms with E-state index >= 15 is 0 Å². The highest BCUT2D eigenvalue weighted by Crippen LogP contribution is 2.27. The zero-order chi connectivity index (χ0) is 18.2.